The normalized spacial score (nSPS) is 11.7. The zero-order chi connectivity index (χ0) is 30.5. The molecule has 13 nitrogen and oxygen atoms in total. The number of hydrogen-bond acceptors (Lipinski definition) is 9. The molecule has 0 aliphatic carbocycles. The van der Waals surface area contributed by atoms with Crippen LogP contribution in [0.25, 0.3) is 0 Å². The second kappa shape index (κ2) is 12.5. The van der Waals surface area contributed by atoms with Gasteiger partial charge in [-0.25, -0.2) is 21.6 Å². The lowest BCUT2D eigenvalue weighted by atomic mass is 10.2. The van der Waals surface area contributed by atoms with Crippen molar-refractivity contribution in [1.29, 1.82) is 0 Å². The van der Waals surface area contributed by atoms with Gasteiger partial charge in [0.15, 0.2) is 0 Å². The number of carbonyl (C=O) groups excluding carboxylic acids is 1. The summed E-state index contributed by atoms with van der Waals surface area (Å²) >= 11 is 0. The maximum absolute atomic E-state index is 13.8. The average Bonchev–Trinajstić information content (AvgIpc) is 2.91. The van der Waals surface area contributed by atoms with E-state index in [4.69, 9.17) is 9.47 Å². The Hall–Kier alpha value is -4.21. The van der Waals surface area contributed by atoms with Gasteiger partial charge in [0.05, 0.1) is 40.3 Å². The van der Waals surface area contributed by atoms with E-state index in [0.717, 1.165) is 10.4 Å². The van der Waals surface area contributed by atoms with Gasteiger partial charge in [-0.1, -0.05) is 6.07 Å². The summed E-state index contributed by atoms with van der Waals surface area (Å²) in [5.41, 5.74) is -0.0738. The van der Waals surface area contributed by atoms with E-state index in [1.807, 2.05) is 0 Å². The molecule has 0 atom stereocenters. The number of hydrogen-bond donors (Lipinski definition) is 2. The first-order valence-corrected chi connectivity index (χ1v) is 15.0. The van der Waals surface area contributed by atoms with Gasteiger partial charge in [-0.05, 0) is 69.3 Å². The minimum atomic E-state index is -4.50. The highest BCUT2D eigenvalue weighted by Gasteiger charge is 2.30. The van der Waals surface area contributed by atoms with Crippen LogP contribution in [0.15, 0.2) is 70.5 Å². The van der Waals surface area contributed by atoms with E-state index in [2.05, 4.69) is 10.0 Å². The molecule has 0 unspecified atom stereocenters. The van der Waals surface area contributed by atoms with Gasteiger partial charge in [0.2, 0.25) is 15.9 Å². The molecule has 220 valence electrons. The molecule has 15 heteroatoms. The standard InChI is InChI=1S/C26H30N4O9S2/c1-17(2)28-40(34,35)21-12-13-25(39-5)23(14-21)27-26(31)16-29(19-7-9-20(38-4)10-8-19)41(36,37)22-11-6-18(3)24(15-22)30(32)33/h6-15,17,28H,16H2,1-5H3,(H,27,31). The number of methoxy groups -OCH3 is 2. The lowest BCUT2D eigenvalue weighted by molar-refractivity contribution is -0.385. The summed E-state index contributed by atoms with van der Waals surface area (Å²) in [6.45, 7) is 4.02. The molecule has 2 N–H and O–H groups in total. The molecule has 3 aromatic rings. The van der Waals surface area contributed by atoms with Crippen LogP contribution in [0.5, 0.6) is 11.5 Å². The highest BCUT2D eigenvalue weighted by Crippen LogP contribution is 2.31. The van der Waals surface area contributed by atoms with Crippen molar-refractivity contribution < 1.29 is 36.0 Å². The predicted octanol–water partition coefficient (Wildman–Crippen LogP) is 3.44. The fourth-order valence-electron chi connectivity index (χ4n) is 3.79. The fraction of sp³-hybridized carbons (Fsp3) is 0.269. The largest absolute Gasteiger partial charge is 0.497 e. The van der Waals surface area contributed by atoms with Crippen molar-refractivity contribution in [2.45, 2.75) is 36.6 Å². The summed E-state index contributed by atoms with van der Waals surface area (Å²) in [5.74, 6) is -0.273. The molecule has 3 aromatic carbocycles. The molecule has 0 saturated carbocycles. The van der Waals surface area contributed by atoms with Crippen molar-refractivity contribution >= 4 is 43.0 Å². The summed E-state index contributed by atoms with van der Waals surface area (Å²) < 4.78 is 66.5. The zero-order valence-corrected chi connectivity index (χ0v) is 24.6. The summed E-state index contributed by atoms with van der Waals surface area (Å²) in [4.78, 5) is 23.5. The topological polar surface area (TPSA) is 174 Å². The van der Waals surface area contributed by atoms with Gasteiger partial charge >= 0.3 is 0 Å². The number of nitrogens with one attached hydrogen (secondary N) is 2. The average molecular weight is 607 g/mol. The van der Waals surface area contributed by atoms with E-state index < -0.39 is 48.0 Å². The highest BCUT2D eigenvalue weighted by atomic mass is 32.2. The number of nitro benzene ring substituents is 1. The summed E-state index contributed by atoms with van der Waals surface area (Å²) in [6, 6.07) is 12.7. The zero-order valence-electron chi connectivity index (χ0n) is 22.9. The van der Waals surface area contributed by atoms with Crippen molar-refractivity contribution in [2.24, 2.45) is 0 Å². The number of anilines is 2. The Labute approximate surface area is 238 Å². The molecule has 0 fully saturated rings. The van der Waals surface area contributed by atoms with E-state index in [1.54, 1.807) is 13.8 Å². The van der Waals surface area contributed by atoms with Gasteiger partial charge < -0.3 is 14.8 Å². The van der Waals surface area contributed by atoms with Crippen LogP contribution < -0.4 is 23.8 Å². The van der Waals surface area contributed by atoms with Crippen LogP contribution >= 0.6 is 0 Å². The van der Waals surface area contributed by atoms with Gasteiger partial charge in [0.25, 0.3) is 15.7 Å². The Kier molecular flexibility index (Phi) is 9.57. The van der Waals surface area contributed by atoms with Gasteiger partial charge in [0, 0.05) is 17.7 Å². The molecule has 0 heterocycles. The lowest BCUT2D eigenvalue weighted by Gasteiger charge is -2.24. The number of benzene rings is 3. The first-order valence-electron chi connectivity index (χ1n) is 12.1. The maximum atomic E-state index is 13.8. The fourth-order valence-corrected chi connectivity index (χ4v) is 6.51. The molecule has 1 amide bonds. The molecule has 0 radical (unpaired) electrons. The third-order valence-corrected chi connectivity index (χ3v) is 9.19. The third-order valence-electron chi connectivity index (χ3n) is 5.76. The number of aryl methyl sites for hydroxylation is 1. The van der Waals surface area contributed by atoms with Crippen LogP contribution in [0.1, 0.15) is 19.4 Å². The van der Waals surface area contributed by atoms with Crippen LogP contribution in [0.3, 0.4) is 0 Å². The predicted molar refractivity (Wildman–Crippen MR) is 152 cm³/mol. The number of nitrogens with zero attached hydrogens (tertiary/aromatic N) is 2. The van der Waals surface area contributed by atoms with E-state index >= 15 is 0 Å². The minimum absolute atomic E-state index is 0.0119. The number of rotatable bonds is 12. The van der Waals surface area contributed by atoms with Crippen LogP contribution in [-0.2, 0) is 24.8 Å². The van der Waals surface area contributed by atoms with Crippen molar-refractivity contribution in [3.8, 4) is 11.5 Å². The SMILES string of the molecule is COc1ccc(N(CC(=O)Nc2cc(S(=O)(=O)NC(C)C)ccc2OC)S(=O)(=O)c2ccc(C)c([N+](=O)[O-])c2)cc1. The molecule has 0 aliphatic rings. The van der Waals surface area contributed by atoms with Crippen molar-refractivity contribution in [3.05, 3.63) is 76.3 Å². The summed E-state index contributed by atoms with van der Waals surface area (Å²) in [5, 5.41) is 14.0. The van der Waals surface area contributed by atoms with E-state index in [0.29, 0.717) is 5.75 Å². The number of carbonyl (C=O) groups is 1. The number of nitro groups is 1. The van der Waals surface area contributed by atoms with Crippen LogP contribution in [-0.4, -0.2) is 54.5 Å². The van der Waals surface area contributed by atoms with Crippen LogP contribution in [0.4, 0.5) is 17.1 Å². The second-order valence-corrected chi connectivity index (χ2v) is 12.7. The molecular weight excluding hydrogens is 576 g/mol. The first kappa shape index (κ1) is 31.3. The van der Waals surface area contributed by atoms with Gasteiger partial charge in [-0.2, -0.15) is 0 Å². The van der Waals surface area contributed by atoms with E-state index in [-0.39, 0.29) is 33.6 Å². The Morgan fingerprint density at radius 1 is 0.951 bits per heavy atom. The summed E-state index contributed by atoms with van der Waals surface area (Å²) in [6.07, 6.45) is 0. The number of amides is 1. The van der Waals surface area contributed by atoms with Crippen molar-refractivity contribution in [3.63, 3.8) is 0 Å². The van der Waals surface area contributed by atoms with Gasteiger partial charge in [-0.15, -0.1) is 0 Å². The van der Waals surface area contributed by atoms with E-state index in [9.17, 15) is 31.7 Å². The Morgan fingerprint density at radius 2 is 1.59 bits per heavy atom. The number of sulfonamides is 2. The molecule has 0 saturated heterocycles. The van der Waals surface area contributed by atoms with Gasteiger partial charge in [0.1, 0.15) is 18.0 Å². The molecule has 0 bridgehead atoms. The van der Waals surface area contributed by atoms with Crippen LogP contribution in [0, 0.1) is 17.0 Å². The molecular formula is C26H30N4O9S2. The third kappa shape index (κ3) is 7.31. The minimum Gasteiger partial charge on any atom is -0.497 e. The Morgan fingerprint density at radius 3 is 2.15 bits per heavy atom. The molecule has 0 spiro atoms. The summed E-state index contributed by atoms with van der Waals surface area (Å²) in [7, 11) is -5.67. The lowest BCUT2D eigenvalue weighted by Crippen LogP contribution is -2.38. The Balaban J connectivity index is 2.03. The second-order valence-electron chi connectivity index (χ2n) is 9.10. The molecule has 0 aromatic heterocycles. The molecule has 0 aliphatic heterocycles. The molecule has 3 rings (SSSR count). The van der Waals surface area contributed by atoms with Crippen molar-refractivity contribution in [1.82, 2.24) is 4.72 Å². The highest BCUT2D eigenvalue weighted by molar-refractivity contribution is 7.93. The van der Waals surface area contributed by atoms with E-state index in [1.165, 1.54) is 75.7 Å². The Bertz CT molecular complexity index is 1660. The first-order chi connectivity index (χ1) is 19.2. The van der Waals surface area contributed by atoms with Crippen LogP contribution in [0.2, 0.25) is 0 Å². The monoisotopic (exact) mass is 606 g/mol. The quantitative estimate of drug-likeness (QED) is 0.231. The maximum Gasteiger partial charge on any atom is 0.273 e. The van der Waals surface area contributed by atoms with Crippen molar-refractivity contribution in [2.75, 3.05) is 30.4 Å². The van der Waals surface area contributed by atoms with Gasteiger partial charge in [-0.3, -0.25) is 19.2 Å². The molecule has 41 heavy (non-hydrogen) atoms. The number of ether oxygens (including phenoxy) is 2. The smallest absolute Gasteiger partial charge is 0.273 e.